The maximum atomic E-state index is 15.6. The fourth-order valence-electron chi connectivity index (χ4n) is 7.61. The van der Waals surface area contributed by atoms with Crippen LogP contribution in [0.15, 0.2) is 127 Å². The van der Waals surface area contributed by atoms with Crippen molar-refractivity contribution in [2.75, 3.05) is 4.81 Å². The maximum Gasteiger partial charge on any atom is 0.379 e. The molecule has 0 amide bonds. The molecule has 0 bridgehead atoms. The van der Waals surface area contributed by atoms with Crippen LogP contribution in [-0.4, -0.2) is 16.1 Å². The first kappa shape index (κ1) is 21.9. The first-order valence-electron chi connectivity index (χ1n) is 14.0. The summed E-state index contributed by atoms with van der Waals surface area (Å²) in [5.41, 5.74) is 9.58. The van der Waals surface area contributed by atoms with Crippen LogP contribution in [0.4, 0.5) is 11.4 Å². The summed E-state index contributed by atoms with van der Waals surface area (Å²) < 4.78 is 17.9. The Morgan fingerprint density at radius 2 is 1.22 bits per heavy atom. The molecule has 190 valence electrons. The molecule has 2 aromatic heterocycles. The summed E-state index contributed by atoms with van der Waals surface area (Å²) >= 11 is 0. The van der Waals surface area contributed by atoms with Gasteiger partial charge in [0.2, 0.25) is 0 Å². The predicted molar refractivity (Wildman–Crippen MR) is 170 cm³/mol. The summed E-state index contributed by atoms with van der Waals surface area (Å²) in [4.78, 5) is 7.74. The third-order valence-electron chi connectivity index (χ3n) is 9.17. The standard InChI is InChI=1S/C35H21BN3OP/c40-41-32-19-8-4-12-24(32)25-14-9-18-31(35(25)41)39-30-17-7-3-13-26(30)34-27(36(39)41)20-21-33(37-34)38-28-15-5-1-10-22(28)23-11-2-6-16-29(23)38/h1-21H. The van der Waals surface area contributed by atoms with E-state index in [1.54, 1.807) is 0 Å². The van der Waals surface area contributed by atoms with Gasteiger partial charge in [0, 0.05) is 38.3 Å². The minimum Gasteiger partial charge on any atom is -0.373 e. The third kappa shape index (κ3) is 2.51. The van der Waals surface area contributed by atoms with Crippen LogP contribution in [0.25, 0.3) is 50.0 Å². The molecule has 0 radical (unpaired) electrons. The molecule has 0 N–H and O–H groups in total. The number of aromatic nitrogens is 2. The van der Waals surface area contributed by atoms with Crippen molar-refractivity contribution in [2.45, 2.75) is 0 Å². The van der Waals surface area contributed by atoms with E-state index in [0.29, 0.717) is 0 Å². The van der Waals surface area contributed by atoms with Crippen LogP contribution in [0, 0.1) is 0 Å². The topological polar surface area (TPSA) is 38.1 Å². The highest BCUT2D eigenvalue weighted by atomic mass is 31.2. The largest absolute Gasteiger partial charge is 0.379 e. The van der Waals surface area contributed by atoms with Gasteiger partial charge in [-0.2, -0.15) is 0 Å². The van der Waals surface area contributed by atoms with E-state index in [2.05, 4.69) is 125 Å². The number of benzene rings is 5. The van der Waals surface area contributed by atoms with Crippen molar-refractivity contribution in [3.63, 3.8) is 0 Å². The molecule has 41 heavy (non-hydrogen) atoms. The molecule has 7 aromatic rings. The van der Waals surface area contributed by atoms with Crippen molar-refractivity contribution in [1.29, 1.82) is 0 Å². The van der Waals surface area contributed by atoms with Gasteiger partial charge >= 0.3 is 6.57 Å². The van der Waals surface area contributed by atoms with E-state index in [9.17, 15) is 0 Å². The van der Waals surface area contributed by atoms with E-state index < -0.39 is 7.02 Å². The lowest BCUT2D eigenvalue weighted by Crippen LogP contribution is -2.48. The summed E-state index contributed by atoms with van der Waals surface area (Å²) in [7, 11) is -3.03. The molecule has 1 unspecified atom stereocenters. The molecule has 3 aliphatic heterocycles. The molecule has 5 heterocycles. The smallest absolute Gasteiger partial charge is 0.373 e. The van der Waals surface area contributed by atoms with E-state index in [1.807, 2.05) is 12.1 Å². The molecular formula is C35H21BN3OP. The van der Waals surface area contributed by atoms with E-state index in [4.69, 9.17) is 4.98 Å². The van der Waals surface area contributed by atoms with Crippen LogP contribution in [0.1, 0.15) is 0 Å². The van der Waals surface area contributed by atoms with Gasteiger partial charge in [-0.05, 0) is 46.9 Å². The van der Waals surface area contributed by atoms with Crippen LogP contribution in [0.2, 0.25) is 0 Å². The molecular weight excluding hydrogens is 520 g/mol. The van der Waals surface area contributed by atoms with Crippen molar-refractivity contribution >= 4 is 62.8 Å². The number of hydrogen-bond donors (Lipinski definition) is 0. The zero-order valence-corrected chi connectivity index (χ0v) is 22.8. The highest BCUT2D eigenvalue weighted by Crippen LogP contribution is 2.65. The average Bonchev–Trinajstić information content (AvgIpc) is 3.61. The number of fused-ring (bicyclic) bond motifs is 14. The second kappa shape index (κ2) is 7.45. The van der Waals surface area contributed by atoms with Gasteiger partial charge in [-0.3, -0.25) is 4.57 Å². The Balaban J connectivity index is 1.29. The first-order chi connectivity index (χ1) is 20.2. The Bertz CT molecular complexity index is 2290. The van der Waals surface area contributed by atoms with Gasteiger partial charge in [0.1, 0.15) is 12.8 Å². The average molecular weight is 541 g/mol. The Morgan fingerprint density at radius 3 is 2.02 bits per heavy atom. The van der Waals surface area contributed by atoms with E-state index in [1.165, 1.54) is 10.8 Å². The molecule has 4 nitrogen and oxygen atoms in total. The molecule has 0 spiro atoms. The van der Waals surface area contributed by atoms with Gasteiger partial charge in [0.15, 0.2) is 0 Å². The number of pyridine rings is 1. The summed E-state index contributed by atoms with van der Waals surface area (Å²) in [5, 5.41) is 4.38. The van der Waals surface area contributed by atoms with Gasteiger partial charge in [0.05, 0.1) is 16.7 Å². The van der Waals surface area contributed by atoms with Crippen LogP contribution in [0.3, 0.4) is 0 Å². The van der Waals surface area contributed by atoms with E-state index >= 15 is 4.57 Å². The van der Waals surface area contributed by atoms with Crippen LogP contribution < -0.4 is 20.9 Å². The van der Waals surface area contributed by atoms with Gasteiger partial charge in [-0.25, -0.2) is 4.98 Å². The molecule has 1 atom stereocenters. The lowest BCUT2D eigenvalue weighted by atomic mass is 9.71. The molecule has 0 saturated heterocycles. The molecule has 5 aromatic carbocycles. The summed E-state index contributed by atoms with van der Waals surface area (Å²) in [6.07, 6.45) is 0. The molecule has 0 saturated carbocycles. The summed E-state index contributed by atoms with van der Waals surface area (Å²) in [6, 6.07) is 44.4. The second-order valence-electron chi connectivity index (χ2n) is 11.1. The number of para-hydroxylation sites is 3. The van der Waals surface area contributed by atoms with Crippen molar-refractivity contribution < 1.29 is 4.57 Å². The fraction of sp³-hybridized carbons (Fsp3) is 0. The molecule has 6 heteroatoms. The van der Waals surface area contributed by atoms with E-state index in [-0.39, 0.29) is 6.57 Å². The summed E-state index contributed by atoms with van der Waals surface area (Å²) in [6.45, 7) is -0.327. The highest BCUT2D eigenvalue weighted by molar-refractivity contribution is 8.09. The van der Waals surface area contributed by atoms with Crippen molar-refractivity contribution in [3.05, 3.63) is 127 Å². The van der Waals surface area contributed by atoms with Gasteiger partial charge in [-0.1, -0.05) is 97.1 Å². The minimum absolute atomic E-state index is 0.327. The Morgan fingerprint density at radius 1 is 0.585 bits per heavy atom. The highest BCUT2D eigenvalue weighted by Gasteiger charge is 2.60. The normalized spacial score (nSPS) is 17.4. The number of nitrogens with zero attached hydrogens (tertiary/aromatic N) is 3. The maximum absolute atomic E-state index is 15.6. The number of rotatable bonds is 1. The second-order valence-corrected chi connectivity index (χ2v) is 13.8. The summed E-state index contributed by atoms with van der Waals surface area (Å²) in [5.74, 6) is 0.866. The van der Waals surface area contributed by atoms with Crippen LogP contribution in [0.5, 0.6) is 0 Å². The SMILES string of the molecule is O=P12B3c4ccc(-n5c6ccccc6c6ccccc65)nc4-c4ccccc4N3c3cccc(c31)-c1ccccc12. The van der Waals surface area contributed by atoms with Crippen molar-refractivity contribution in [1.82, 2.24) is 9.55 Å². The first-order valence-corrected chi connectivity index (χ1v) is 15.7. The Hall–Kier alpha value is -4.86. The van der Waals surface area contributed by atoms with Gasteiger partial charge in [-0.15, -0.1) is 0 Å². The molecule has 10 rings (SSSR count). The van der Waals surface area contributed by atoms with Crippen molar-refractivity contribution in [2.24, 2.45) is 0 Å². The van der Waals surface area contributed by atoms with Crippen LogP contribution in [-0.2, 0) is 4.57 Å². The molecule has 0 aliphatic carbocycles. The molecule has 0 fully saturated rings. The number of anilines is 2. The van der Waals surface area contributed by atoms with Gasteiger partial charge in [0.25, 0.3) is 0 Å². The van der Waals surface area contributed by atoms with Crippen molar-refractivity contribution in [3.8, 4) is 28.2 Å². The van der Waals surface area contributed by atoms with Gasteiger partial charge < -0.3 is 9.38 Å². The lowest BCUT2D eigenvalue weighted by molar-refractivity contribution is 0.595. The zero-order chi connectivity index (χ0) is 26.9. The zero-order valence-electron chi connectivity index (χ0n) is 21.9. The van der Waals surface area contributed by atoms with Crippen LogP contribution >= 0.6 is 7.02 Å². The molecule has 3 aliphatic rings. The quantitative estimate of drug-likeness (QED) is 0.166. The Kier molecular flexibility index (Phi) is 3.98. The van der Waals surface area contributed by atoms with E-state index in [0.717, 1.165) is 66.7 Å². The minimum atomic E-state index is -3.03. The third-order valence-corrected chi connectivity index (χ3v) is 12.6. The lowest BCUT2D eigenvalue weighted by Gasteiger charge is -2.35. The fourth-order valence-corrected chi connectivity index (χ4v) is 11.5. The number of hydrogen-bond acceptors (Lipinski definition) is 3. The monoisotopic (exact) mass is 541 g/mol. The Labute approximate surface area is 236 Å². The predicted octanol–water partition coefficient (Wildman–Crippen LogP) is 7.00.